The van der Waals surface area contributed by atoms with E-state index in [4.69, 9.17) is 11.6 Å². The maximum absolute atomic E-state index is 12.8. The zero-order chi connectivity index (χ0) is 15.5. The molecule has 6 heteroatoms. The van der Waals surface area contributed by atoms with E-state index in [9.17, 15) is 4.79 Å². The minimum Gasteiger partial charge on any atom is -0.299 e. The van der Waals surface area contributed by atoms with Gasteiger partial charge in [-0.1, -0.05) is 18.5 Å². The molecule has 0 aromatic carbocycles. The van der Waals surface area contributed by atoms with E-state index in [0.29, 0.717) is 10.9 Å². The van der Waals surface area contributed by atoms with Crippen molar-refractivity contribution in [2.45, 2.75) is 25.7 Å². The topological polar surface area (TPSA) is 47.8 Å². The Balaban J connectivity index is 1.89. The van der Waals surface area contributed by atoms with Crippen LogP contribution in [-0.2, 0) is 4.79 Å². The first-order valence-electron chi connectivity index (χ1n) is 7.47. The Kier molecular flexibility index (Phi) is 4.84. The average Bonchev–Trinajstić information content (AvgIpc) is 3.19. The van der Waals surface area contributed by atoms with Gasteiger partial charge in [0.25, 0.3) is 0 Å². The van der Waals surface area contributed by atoms with Gasteiger partial charge < -0.3 is 0 Å². The molecule has 116 valence electrons. The molecule has 3 rings (SSSR count). The lowest BCUT2D eigenvalue weighted by Crippen LogP contribution is -2.21. The highest BCUT2D eigenvalue weighted by Crippen LogP contribution is 2.34. The third kappa shape index (κ3) is 3.06. The first kappa shape index (κ1) is 15.6. The Labute approximate surface area is 139 Å². The zero-order valence-electron chi connectivity index (χ0n) is 12.4. The number of halogens is 1. The Hall–Kier alpha value is -1.33. The smallest absolute Gasteiger partial charge is 0.155 e. The van der Waals surface area contributed by atoms with Gasteiger partial charge in [0.05, 0.1) is 11.9 Å². The highest BCUT2D eigenvalue weighted by molar-refractivity contribution is 7.99. The van der Waals surface area contributed by atoms with Crippen LogP contribution in [0.25, 0.3) is 5.69 Å². The first-order chi connectivity index (χ1) is 10.7. The Morgan fingerprint density at radius 1 is 1.59 bits per heavy atom. The molecular weight excluding hydrogens is 318 g/mol. The van der Waals surface area contributed by atoms with E-state index < -0.39 is 0 Å². The van der Waals surface area contributed by atoms with Crippen LogP contribution in [0.5, 0.6) is 0 Å². The van der Waals surface area contributed by atoms with E-state index in [1.807, 2.05) is 37.0 Å². The molecule has 3 heterocycles. The van der Waals surface area contributed by atoms with Gasteiger partial charge >= 0.3 is 0 Å². The highest BCUT2D eigenvalue weighted by Gasteiger charge is 2.31. The van der Waals surface area contributed by atoms with Gasteiger partial charge in [0.2, 0.25) is 0 Å². The molecule has 0 N–H and O–H groups in total. The summed E-state index contributed by atoms with van der Waals surface area (Å²) in [6, 6.07) is 3.76. The van der Waals surface area contributed by atoms with Crippen LogP contribution < -0.4 is 0 Å². The molecule has 0 saturated carbocycles. The Morgan fingerprint density at radius 2 is 2.45 bits per heavy atom. The fraction of sp³-hybridized carbons (Fsp3) is 0.438. The lowest BCUT2D eigenvalue weighted by molar-refractivity contribution is -0.123. The number of ketones is 1. The van der Waals surface area contributed by atoms with Crippen molar-refractivity contribution in [2.24, 2.45) is 5.92 Å². The fourth-order valence-electron chi connectivity index (χ4n) is 2.84. The molecule has 0 aliphatic carbocycles. The molecule has 1 fully saturated rings. The first-order valence-corrected chi connectivity index (χ1v) is 9.01. The molecule has 4 nitrogen and oxygen atoms in total. The quantitative estimate of drug-likeness (QED) is 0.835. The summed E-state index contributed by atoms with van der Waals surface area (Å²) in [5.74, 6) is 2.31. The van der Waals surface area contributed by atoms with Crippen LogP contribution in [0, 0.1) is 5.92 Å². The van der Waals surface area contributed by atoms with E-state index in [-0.39, 0.29) is 11.8 Å². The van der Waals surface area contributed by atoms with Gasteiger partial charge in [-0.3, -0.25) is 9.78 Å². The monoisotopic (exact) mass is 335 g/mol. The van der Waals surface area contributed by atoms with E-state index in [1.165, 1.54) is 0 Å². The minimum absolute atomic E-state index is 0.160. The largest absolute Gasteiger partial charge is 0.299 e. The van der Waals surface area contributed by atoms with Crippen molar-refractivity contribution in [3.8, 4) is 5.69 Å². The predicted octanol–water partition coefficient (Wildman–Crippen LogP) is 3.74. The number of thioether (sulfide) groups is 1. The number of rotatable bonds is 5. The third-order valence-corrected chi connectivity index (χ3v) is 5.52. The summed E-state index contributed by atoms with van der Waals surface area (Å²) in [7, 11) is 0. The van der Waals surface area contributed by atoms with E-state index in [1.54, 1.807) is 17.1 Å². The van der Waals surface area contributed by atoms with Gasteiger partial charge in [-0.05, 0) is 30.7 Å². The number of carbonyl (C=O) groups is 1. The molecule has 2 aromatic heterocycles. The third-order valence-electron chi connectivity index (χ3n) is 4.06. The molecule has 0 amide bonds. The minimum atomic E-state index is -0.165. The van der Waals surface area contributed by atoms with Crippen LogP contribution in [0.15, 0.2) is 30.7 Å². The summed E-state index contributed by atoms with van der Waals surface area (Å²) in [5.41, 5.74) is 1.67. The van der Waals surface area contributed by atoms with Crippen LogP contribution in [0.4, 0.5) is 0 Å². The maximum Gasteiger partial charge on any atom is 0.155 e. The molecule has 0 bridgehead atoms. The fourth-order valence-corrected chi connectivity index (χ4v) is 4.33. The zero-order valence-corrected chi connectivity index (χ0v) is 14.0. The second-order valence-corrected chi connectivity index (χ2v) is 6.96. The van der Waals surface area contributed by atoms with E-state index in [2.05, 4.69) is 10.1 Å². The van der Waals surface area contributed by atoms with E-state index >= 15 is 0 Å². The van der Waals surface area contributed by atoms with Crippen molar-refractivity contribution in [1.82, 2.24) is 14.8 Å². The molecule has 2 unspecified atom stereocenters. The van der Waals surface area contributed by atoms with Crippen LogP contribution in [-0.4, -0.2) is 32.1 Å². The summed E-state index contributed by atoms with van der Waals surface area (Å²) < 4.78 is 1.70. The van der Waals surface area contributed by atoms with Gasteiger partial charge in [-0.2, -0.15) is 16.9 Å². The number of hydrogen-bond donors (Lipinski definition) is 0. The normalized spacial score (nSPS) is 19.3. The van der Waals surface area contributed by atoms with Crippen molar-refractivity contribution in [1.29, 1.82) is 0 Å². The SMILES string of the molecule is CCC(C(=O)C1CCSC1)c1cn(-c2cccnc2)nc1Cl. The summed E-state index contributed by atoms with van der Waals surface area (Å²) >= 11 is 8.17. The van der Waals surface area contributed by atoms with E-state index in [0.717, 1.165) is 35.6 Å². The molecule has 22 heavy (non-hydrogen) atoms. The lowest BCUT2D eigenvalue weighted by atomic mass is 9.87. The molecule has 2 atom stereocenters. The molecule has 1 aliphatic rings. The van der Waals surface area contributed by atoms with Gasteiger partial charge in [0.15, 0.2) is 5.15 Å². The highest BCUT2D eigenvalue weighted by atomic mass is 35.5. The van der Waals surface area contributed by atoms with Gasteiger partial charge in [0, 0.05) is 35.5 Å². The van der Waals surface area contributed by atoms with Crippen molar-refractivity contribution in [3.63, 3.8) is 0 Å². The van der Waals surface area contributed by atoms with Crippen LogP contribution in [0.2, 0.25) is 5.15 Å². The van der Waals surface area contributed by atoms with Crippen LogP contribution >= 0.6 is 23.4 Å². The molecule has 1 saturated heterocycles. The molecular formula is C16H18ClN3OS. The molecule has 0 radical (unpaired) electrons. The van der Waals surface area contributed by atoms with Crippen LogP contribution in [0.3, 0.4) is 0 Å². The van der Waals surface area contributed by atoms with Crippen molar-refractivity contribution in [3.05, 3.63) is 41.4 Å². The summed E-state index contributed by atoms with van der Waals surface area (Å²) in [6.45, 7) is 2.03. The summed E-state index contributed by atoms with van der Waals surface area (Å²) in [4.78, 5) is 16.8. The number of pyridine rings is 1. The molecule has 2 aromatic rings. The second-order valence-electron chi connectivity index (χ2n) is 5.45. The summed E-state index contributed by atoms with van der Waals surface area (Å²) in [5, 5.41) is 4.76. The Morgan fingerprint density at radius 3 is 3.09 bits per heavy atom. The number of carbonyl (C=O) groups excluding carboxylic acids is 1. The van der Waals surface area contributed by atoms with Crippen LogP contribution in [0.1, 0.15) is 31.2 Å². The van der Waals surface area contributed by atoms with Gasteiger partial charge in [-0.15, -0.1) is 0 Å². The number of aromatic nitrogens is 3. The lowest BCUT2D eigenvalue weighted by Gasteiger charge is -2.16. The van der Waals surface area contributed by atoms with Crippen molar-refractivity contribution in [2.75, 3.05) is 11.5 Å². The van der Waals surface area contributed by atoms with Crippen molar-refractivity contribution >= 4 is 29.1 Å². The number of nitrogens with zero attached hydrogens (tertiary/aromatic N) is 3. The maximum atomic E-state index is 12.8. The average molecular weight is 336 g/mol. The molecule has 1 aliphatic heterocycles. The van der Waals surface area contributed by atoms with Gasteiger partial charge in [0.1, 0.15) is 5.78 Å². The van der Waals surface area contributed by atoms with Crippen molar-refractivity contribution < 1.29 is 4.79 Å². The predicted molar refractivity (Wildman–Crippen MR) is 89.8 cm³/mol. The second kappa shape index (κ2) is 6.84. The molecule has 0 spiro atoms. The Bertz CT molecular complexity index is 653. The number of hydrogen-bond acceptors (Lipinski definition) is 4. The summed E-state index contributed by atoms with van der Waals surface area (Å²) in [6.07, 6.45) is 7.04. The number of Topliss-reactive ketones (excluding diaryl/α,β-unsaturated/α-hetero) is 1. The van der Waals surface area contributed by atoms with Gasteiger partial charge in [-0.25, -0.2) is 4.68 Å². The standard InChI is InChI=1S/C16H18ClN3OS/c1-2-13(15(21)11-5-7-22-10-11)14-9-20(19-16(14)17)12-4-3-6-18-8-12/h3-4,6,8-9,11,13H,2,5,7,10H2,1H3.